The Balaban J connectivity index is 1.98. The van der Waals surface area contributed by atoms with Crippen LogP contribution in [-0.4, -0.2) is 40.4 Å². The minimum Gasteiger partial charge on any atom is -0.388 e. The molecule has 1 saturated heterocycles. The number of nitrogens with one attached hydrogen (secondary N) is 1. The van der Waals surface area contributed by atoms with Gasteiger partial charge >= 0.3 is 0 Å². The molecule has 0 unspecified atom stereocenters. The first kappa shape index (κ1) is 14.7. The molecule has 6 heteroatoms. The van der Waals surface area contributed by atoms with Crippen LogP contribution in [-0.2, 0) is 11.2 Å². The molecule has 2 rings (SSSR count). The molecule has 0 radical (unpaired) electrons. The Kier molecular flexibility index (Phi) is 5.13. The maximum Gasteiger partial charge on any atom is 0.132 e. The van der Waals surface area contributed by atoms with Crippen molar-refractivity contribution < 1.29 is 9.84 Å². The van der Waals surface area contributed by atoms with Crippen molar-refractivity contribution >= 4 is 21.7 Å². The first-order chi connectivity index (χ1) is 9.11. The average molecular weight is 330 g/mol. The number of rotatable bonds is 5. The van der Waals surface area contributed by atoms with Crippen molar-refractivity contribution in [3.8, 4) is 0 Å². The number of hydrogen-bond acceptors (Lipinski definition) is 5. The van der Waals surface area contributed by atoms with Crippen LogP contribution >= 0.6 is 15.9 Å². The fourth-order valence-corrected chi connectivity index (χ4v) is 2.50. The van der Waals surface area contributed by atoms with Crippen molar-refractivity contribution in [2.24, 2.45) is 0 Å². The summed E-state index contributed by atoms with van der Waals surface area (Å²) in [5, 5.41) is 13.6. The fraction of sp³-hybridized carbons (Fsp3) is 0.692. The predicted octanol–water partition coefficient (Wildman–Crippen LogP) is 2.14. The van der Waals surface area contributed by atoms with Gasteiger partial charge in [0, 0.05) is 45.1 Å². The van der Waals surface area contributed by atoms with E-state index < -0.39 is 5.60 Å². The van der Waals surface area contributed by atoms with E-state index in [0.29, 0.717) is 32.6 Å². The average Bonchev–Trinajstić information content (AvgIpc) is 2.37. The molecule has 19 heavy (non-hydrogen) atoms. The second-order valence-corrected chi connectivity index (χ2v) is 5.74. The summed E-state index contributed by atoms with van der Waals surface area (Å²) in [5.41, 5.74) is -0.694. The van der Waals surface area contributed by atoms with Crippen LogP contribution in [0.4, 0.5) is 5.82 Å². The van der Waals surface area contributed by atoms with Gasteiger partial charge in [-0.15, -0.1) is 0 Å². The van der Waals surface area contributed by atoms with Gasteiger partial charge in [-0.3, -0.25) is 0 Å². The van der Waals surface area contributed by atoms with E-state index in [1.165, 1.54) is 0 Å². The van der Waals surface area contributed by atoms with Crippen LogP contribution in [0.15, 0.2) is 10.7 Å². The third-order valence-corrected chi connectivity index (χ3v) is 3.64. The summed E-state index contributed by atoms with van der Waals surface area (Å²) >= 11 is 3.39. The molecule has 1 aromatic rings. The van der Waals surface area contributed by atoms with E-state index in [1.54, 1.807) is 0 Å². The van der Waals surface area contributed by atoms with Crippen LogP contribution in [0.2, 0.25) is 0 Å². The highest BCUT2D eigenvalue weighted by Gasteiger charge is 2.29. The Bertz CT molecular complexity index is 422. The van der Waals surface area contributed by atoms with E-state index in [4.69, 9.17) is 4.74 Å². The van der Waals surface area contributed by atoms with Crippen molar-refractivity contribution in [3.63, 3.8) is 0 Å². The van der Waals surface area contributed by atoms with Crippen molar-refractivity contribution in [3.05, 3.63) is 16.5 Å². The highest BCUT2D eigenvalue weighted by atomic mass is 79.9. The lowest BCUT2D eigenvalue weighted by molar-refractivity contribution is -0.0543. The quantitative estimate of drug-likeness (QED) is 0.810. The summed E-state index contributed by atoms with van der Waals surface area (Å²) in [7, 11) is 0. The van der Waals surface area contributed by atoms with Gasteiger partial charge in [0.05, 0.1) is 5.60 Å². The molecule has 106 valence electrons. The second kappa shape index (κ2) is 6.63. The molecular formula is C13H20BrN3O2. The Morgan fingerprint density at radius 1 is 1.42 bits per heavy atom. The maximum absolute atomic E-state index is 10.4. The van der Waals surface area contributed by atoms with E-state index >= 15 is 0 Å². The molecule has 1 aliphatic rings. The highest BCUT2D eigenvalue weighted by molar-refractivity contribution is 9.10. The van der Waals surface area contributed by atoms with Crippen LogP contribution in [0, 0.1) is 0 Å². The summed E-state index contributed by atoms with van der Waals surface area (Å²) in [5.74, 6) is 1.57. The normalized spacial score (nSPS) is 18.3. The molecule has 2 heterocycles. The zero-order chi connectivity index (χ0) is 13.7. The lowest BCUT2D eigenvalue weighted by Crippen LogP contribution is -2.42. The molecular weight excluding hydrogens is 310 g/mol. The molecule has 0 aliphatic carbocycles. The van der Waals surface area contributed by atoms with E-state index in [0.717, 1.165) is 29.1 Å². The van der Waals surface area contributed by atoms with Crippen molar-refractivity contribution in [2.75, 3.05) is 25.1 Å². The summed E-state index contributed by atoms with van der Waals surface area (Å²) < 4.78 is 6.04. The van der Waals surface area contributed by atoms with Crippen molar-refractivity contribution in [1.29, 1.82) is 0 Å². The van der Waals surface area contributed by atoms with Crippen molar-refractivity contribution in [2.45, 2.75) is 38.2 Å². The third-order valence-electron chi connectivity index (χ3n) is 3.24. The zero-order valence-corrected chi connectivity index (χ0v) is 12.7. The molecule has 1 aromatic heterocycles. The summed E-state index contributed by atoms with van der Waals surface area (Å²) in [4.78, 5) is 8.76. The number of hydrogen-bond donors (Lipinski definition) is 2. The molecule has 0 saturated carbocycles. The number of aryl methyl sites for hydroxylation is 1. The first-order valence-electron chi connectivity index (χ1n) is 6.69. The van der Waals surface area contributed by atoms with Gasteiger partial charge in [0.15, 0.2) is 0 Å². The largest absolute Gasteiger partial charge is 0.388 e. The first-order valence-corrected chi connectivity index (χ1v) is 7.48. The minimum atomic E-state index is -0.694. The smallest absolute Gasteiger partial charge is 0.132 e. The van der Waals surface area contributed by atoms with Gasteiger partial charge in [0.25, 0.3) is 0 Å². The minimum absolute atomic E-state index is 0.491. The molecule has 5 nitrogen and oxygen atoms in total. The molecule has 0 amide bonds. The number of aliphatic hydroxyl groups is 1. The lowest BCUT2D eigenvalue weighted by atomic mass is 9.94. The molecule has 1 aliphatic heterocycles. The van der Waals surface area contributed by atoms with Gasteiger partial charge in [0.2, 0.25) is 0 Å². The Hall–Kier alpha value is -0.720. The van der Waals surface area contributed by atoms with Gasteiger partial charge in [-0.25, -0.2) is 9.97 Å². The topological polar surface area (TPSA) is 67.3 Å². The number of anilines is 1. The molecule has 1 fully saturated rings. The van der Waals surface area contributed by atoms with E-state index in [2.05, 4.69) is 38.1 Å². The fourth-order valence-electron chi connectivity index (χ4n) is 2.07. The molecule has 0 aromatic carbocycles. The highest BCUT2D eigenvalue weighted by Crippen LogP contribution is 2.21. The third kappa shape index (κ3) is 4.40. The van der Waals surface area contributed by atoms with Crippen LogP contribution in [0.25, 0.3) is 0 Å². The predicted molar refractivity (Wildman–Crippen MR) is 77.2 cm³/mol. The maximum atomic E-state index is 10.4. The lowest BCUT2D eigenvalue weighted by Gasteiger charge is -2.32. The molecule has 0 atom stereocenters. The van der Waals surface area contributed by atoms with Crippen molar-refractivity contribution in [1.82, 2.24) is 9.97 Å². The Labute approximate surface area is 121 Å². The van der Waals surface area contributed by atoms with Crippen LogP contribution in [0.5, 0.6) is 0 Å². The van der Waals surface area contributed by atoms with Crippen LogP contribution in [0.3, 0.4) is 0 Å². The SMILES string of the molecule is CCCc1nc(Br)cc(NCC2(O)CCOCC2)n1. The monoisotopic (exact) mass is 329 g/mol. The van der Waals surface area contributed by atoms with Crippen LogP contribution < -0.4 is 5.32 Å². The second-order valence-electron chi connectivity index (χ2n) is 4.93. The van der Waals surface area contributed by atoms with Gasteiger partial charge in [-0.2, -0.15) is 0 Å². The molecule has 0 spiro atoms. The van der Waals surface area contributed by atoms with Gasteiger partial charge in [-0.05, 0) is 22.4 Å². The van der Waals surface area contributed by atoms with Gasteiger partial charge < -0.3 is 15.2 Å². The number of halogens is 1. The van der Waals surface area contributed by atoms with Gasteiger partial charge in [0.1, 0.15) is 16.2 Å². The summed E-state index contributed by atoms with van der Waals surface area (Å²) in [6, 6.07) is 1.84. The van der Waals surface area contributed by atoms with Gasteiger partial charge in [-0.1, -0.05) is 6.92 Å². The number of ether oxygens (including phenoxy) is 1. The molecule has 2 N–H and O–H groups in total. The zero-order valence-electron chi connectivity index (χ0n) is 11.2. The van der Waals surface area contributed by atoms with E-state index in [9.17, 15) is 5.11 Å². The van der Waals surface area contributed by atoms with E-state index in [1.807, 2.05) is 6.07 Å². The van der Waals surface area contributed by atoms with Crippen LogP contribution in [0.1, 0.15) is 32.0 Å². The standard InChI is InChI=1S/C13H20BrN3O2/c1-2-3-11-16-10(14)8-12(17-11)15-9-13(18)4-6-19-7-5-13/h8,18H,2-7,9H2,1H3,(H,15,16,17). The Morgan fingerprint density at radius 3 is 2.84 bits per heavy atom. The summed E-state index contributed by atoms with van der Waals surface area (Å²) in [6.07, 6.45) is 3.19. The summed E-state index contributed by atoms with van der Waals surface area (Å²) in [6.45, 7) is 3.83. The Morgan fingerprint density at radius 2 is 2.16 bits per heavy atom. The number of aromatic nitrogens is 2. The number of nitrogens with zero attached hydrogens (tertiary/aromatic N) is 2. The molecule has 0 bridgehead atoms. The van der Waals surface area contributed by atoms with E-state index in [-0.39, 0.29) is 0 Å².